The summed E-state index contributed by atoms with van der Waals surface area (Å²) in [7, 11) is 1.84. The van der Waals surface area contributed by atoms with Gasteiger partial charge in [-0.15, -0.1) is 0 Å². The summed E-state index contributed by atoms with van der Waals surface area (Å²) in [6, 6.07) is 0.674. The zero-order valence-corrected chi connectivity index (χ0v) is 9.36. The third kappa shape index (κ3) is 2.38. The zero-order chi connectivity index (χ0) is 10.7. The van der Waals surface area contributed by atoms with Crippen molar-refractivity contribution in [3.05, 3.63) is 0 Å². The summed E-state index contributed by atoms with van der Waals surface area (Å²) < 4.78 is 0. The van der Waals surface area contributed by atoms with Crippen LogP contribution in [0.2, 0.25) is 0 Å². The number of hydrogen-bond acceptors (Lipinski definition) is 2. The highest BCUT2D eigenvalue weighted by Crippen LogP contribution is 2.17. The number of hydrogen-bond donors (Lipinski definition) is 1. The molecule has 0 bridgehead atoms. The van der Waals surface area contributed by atoms with E-state index in [1.54, 1.807) is 4.90 Å². The van der Waals surface area contributed by atoms with Gasteiger partial charge in [0.15, 0.2) is 0 Å². The third-order valence-electron chi connectivity index (χ3n) is 2.96. The number of amides is 2. The molecule has 1 heterocycles. The summed E-state index contributed by atoms with van der Waals surface area (Å²) in [5.41, 5.74) is 5.84. The Kier molecular flexibility index (Phi) is 3.75. The van der Waals surface area contributed by atoms with Crippen molar-refractivity contribution in [1.82, 2.24) is 9.80 Å². The van der Waals surface area contributed by atoms with Gasteiger partial charge in [0, 0.05) is 32.2 Å². The first kappa shape index (κ1) is 11.3. The van der Waals surface area contributed by atoms with E-state index in [1.807, 2.05) is 18.9 Å². The van der Waals surface area contributed by atoms with Gasteiger partial charge in [-0.05, 0) is 26.7 Å². The number of carbonyl (C=O) groups excluding carboxylic acids is 1. The molecule has 0 radical (unpaired) electrons. The maximum Gasteiger partial charge on any atom is 0.319 e. The minimum atomic E-state index is 0.131. The van der Waals surface area contributed by atoms with Gasteiger partial charge in [0.25, 0.3) is 0 Å². The smallest absolute Gasteiger partial charge is 0.319 e. The second-order valence-corrected chi connectivity index (χ2v) is 4.12. The van der Waals surface area contributed by atoms with E-state index in [1.165, 1.54) is 0 Å². The Bertz CT molecular complexity index is 208. The van der Waals surface area contributed by atoms with E-state index in [-0.39, 0.29) is 18.1 Å². The highest BCUT2D eigenvalue weighted by molar-refractivity contribution is 5.74. The van der Waals surface area contributed by atoms with E-state index in [4.69, 9.17) is 5.73 Å². The lowest BCUT2D eigenvalue weighted by Crippen LogP contribution is -2.52. The number of rotatable bonds is 1. The molecule has 1 aliphatic rings. The third-order valence-corrected chi connectivity index (χ3v) is 2.96. The van der Waals surface area contributed by atoms with Crippen LogP contribution < -0.4 is 5.73 Å². The number of nitrogens with zero attached hydrogens (tertiary/aromatic N) is 2. The van der Waals surface area contributed by atoms with Gasteiger partial charge < -0.3 is 15.5 Å². The lowest BCUT2D eigenvalue weighted by Gasteiger charge is -2.38. The topological polar surface area (TPSA) is 49.6 Å². The van der Waals surface area contributed by atoms with Crippen LogP contribution in [0, 0.1) is 0 Å². The largest absolute Gasteiger partial charge is 0.328 e. The lowest BCUT2D eigenvalue weighted by molar-refractivity contribution is 0.124. The fourth-order valence-corrected chi connectivity index (χ4v) is 1.85. The Labute approximate surface area is 86.0 Å². The summed E-state index contributed by atoms with van der Waals surface area (Å²) in [5.74, 6) is 0. The second-order valence-electron chi connectivity index (χ2n) is 4.12. The van der Waals surface area contributed by atoms with Crippen LogP contribution in [0.1, 0.15) is 26.7 Å². The molecule has 0 aromatic carbocycles. The van der Waals surface area contributed by atoms with Crippen LogP contribution in [0.25, 0.3) is 0 Å². The molecule has 2 unspecified atom stereocenters. The molecule has 2 amide bonds. The monoisotopic (exact) mass is 199 g/mol. The van der Waals surface area contributed by atoms with Gasteiger partial charge >= 0.3 is 6.03 Å². The first-order chi connectivity index (χ1) is 6.56. The van der Waals surface area contributed by atoms with Crippen LogP contribution in [-0.4, -0.2) is 48.1 Å². The van der Waals surface area contributed by atoms with Crippen molar-refractivity contribution in [2.45, 2.75) is 38.8 Å². The molecule has 4 nitrogen and oxygen atoms in total. The number of piperidine rings is 1. The molecule has 1 saturated heterocycles. The highest BCUT2D eigenvalue weighted by atomic mass is 16.2. The highest BCUT2D eigenvalue weighted by Gasteiger charge is 2.28. The molecule has 0 aromatic heterocycles. The van der Waals surface area contributed by atoms with E-state index >= 15 is 0 Å². The average molecular weight is 199 g/mol. The molecule has 4 heteroatoms. The Hall–Kier alpha value is -0.770. The normalized spacial score (nSPS) is 27.6. The van der Waals surface area contributed by atoms with Crippen molar-refractivity contribution >= 4 is 6.03 Å². The predicted molar refractivity (Wildman–Crippen MR) is 57.1 cm³/mol. The lowest BCUT2D eigenvalue weighted by atomic mass is 10.00. The summed E-state index contributed by atoms with van der Waals surface area (Å²) in [5, 5.41) is 0. The van der Waals surface area contributed by atoms with Gasteiger partial charge in [-0.3, -0.25) is 0 Å². The Morgan fingerprint density at radius 1 is 1.64 bits per heavy atom. The fraction of sp³-hybridized carbons (Fsp3) is 0.900. The number of carbonyl (C=O) groups is 1. The van der Waals surface area contributed by atoms with Gasteiger partial charge in [-0.2, -0.15) is 0 Å². The molecule has 82 valence electrons. The molecule has 1 aliphatic heterocycles. The van der Waals surface area contributed by atoms with Crippen molar-refractivity contribution in [3.63, 3.8) is 0 Å². The molecule has 0 aromatic rings. The summed E-state index contributed by atoms with van der Waals surface area (Å²) in [4.78, 5) is 15.5. The summed E-state index contributed by atoms with van der Waals surface area (Å²) in [6.07, 6.45) is 1.84. The van der Waals surface area contributed by atoms with Gasteiger partial charge in [-0.1, -0.05) is 0 Å². The molecule has 2 atom stereocenters. The number of urea groups is 1. The van der Waals surface area contributed by atoms with E-state index in [9.17, 15) is 4.79 Å². The van der Waals surface area contributed by atoms with Gasteiger partial charge in [-0.25, -0.2) is 4.79 Å². The zero-order valence-electron chi connectivity index (χ0n) is 9.36. The molecule has 1 rings (SSSR count). The Morgan fingerprint density at radius 2 is 2.29 bits per heavy atom. The molecule has 0 saturated carbocycles. The number of likely N-dealkylation sites (tertiary alicyclic amines) is 1. The SMILES string of the molecule is CCN(C)C(=O)N1CCC(N)CC1C. The summed E-state index contributed by atoms with van der Waals surface area (Å²) in [6.45, 7) is 5.61. The van der Waals surface area contributed by atoms with Crippen molar-refractivity contribution in [1.29, 1.82) is 0 Å². The van der Waals surface area contributed by atoms with Crippen molar-refractivity contribution in [2.75, 3.05) is 20.1 Å². The minimum absolute atomic E-state index is 0.131. The molecule has 1 fully saturated rings. The summed E-state index contributed by atoms with van der Waals surface area (Å²) >= 11 is 0. The minimum Gasteiger partial charge on any atom is -0.328 e. The maximum atomic E-state index is 11.9. The van der Waals surface area contributed by atoms with Crippen molar-refractivity contribution < 1.29 is 4.79 Å². The Morgan fingerprint density at radius 3 is 2.79 bits per heavy atom. The molecular weight excluding hydrogens is 178 g/mol. The van der Waals surface area contributed by atoms with Crippen LogP contribution in [0.5, 0.6) is 0 Å². The van der Waals surface area contributed by atoms with Crippen molar-refractivity contribution in [2.24, 2.45) is 5.73 Å². The predicted octanol–water partition coefficient (Wildman–Crippen LogP) is 0.870. The van der Waals surface area contributed by atoms with E-state index in [2.05, 4.69) is 6.92 Å². The van der Waals surface area contributed by atoms with Crippen LogP contribution in [0.3, 0.4) is 0 Å². The molecule has 0 spiro atoms. The fourth-order valence-electron chi connectivity index (χ4n) is 1.85. The first-order valence-electron chi connectivity index (χ1n) is 5.33. The second kappa shape index (κ2) is 4.64. The Balaban J connectivity index is 2.55. The quantitative estimate of drug-likeness (QED) is 0.681. The molecule has 14 heavy (non-hydrogen) atoms. The molecular formula is C10H21N3O. The molecule has 0 aliphatic carbocycles. The van der Waals surface area contributed by atoms with E-state index in [0.717, 1.165) is 25.9 Å². The van der Waals surface area contributed by atoms with Crippen LogP contribution in [-0.2, 0) is 0 Å². The standard InChI is InChI=1S/C10H21N3O/c1-4-12(3)10(14)13-6-5-9(11)7-8(13)2/h8-9H,4-7,11H2,1-3H3. The van der Waals surface area contributed by atoms with Crippen molar-refractivity contribution in [3.8, 4) is 0 Å². The first-order valence-corrected chi connectivity index (χ1v) is 5.33. The maximum absolute atomic E-state index is 11.9. The van der Waals surface area contributed by atoms with E-state index in [0.29, 0.717) is 0 Å². The average Bonchev–Trinajstić information content (AvgIpc) is 2.15. The van der Waals surface area contributed by atoms with Gasteiger partial charge in [0.2, 0.25) is 0 Å². The molecule has 2 N–H and O–H groups in total. The van der Waals surface area contributed by atoms with Crippen LogP contribution >= 0.6 is 0 Å². The van der Waals surface area contributed by atoms with Gasteiger partial charge in [0.05, 0.1) is 0 Å². The number of nitrogens with two attached hydrogens (primary N) is 1. The van der Waals surface area contributed by atoms with Crippen LogP contribution in [0.4, 0.5) is 4.79 Å². The van der Waals surface area contributed by atoms with E-state index < -0.39 is 0 Å². The van der Waals surface area contributed by atoms with Gasteiger partial charge in [0.1, 0.15) is 0 Å². The van der Waals surface area contributed by atoms with Crippen LogP contribution in [0.15, 0.2) is 0 Å².